The van der Waals surface area contributed by atoms with Gasteiger partial charge in [-0.2, -0.15) is 0 Å². The van der Waals surface area contributed by atoms with Crippen molar-refractivity contribution in [2.75, 3.05) is 25.1 Å². The first-order chi connectivity index (χ1) is 10.1. The molecule has 3 atom stereocenters. The molecule has 1 aromatic rings. The van der Waals surface area contributed by atoms with Crippen LogP contribution in [0, 0.1) is 11.8 Å². The van der Waals surface area contributed by atoms with Crippen molar-refractivity contribution >= 4 is 17.3 Å². The number of benzene rings is 1. The summed E-state index contributed by atoms with van der Waals surface area (Å²) in [5, 5.41) is 13.8. The maximum Gasteiger partial charge on any atom is 0.0945 e. The fraction of sp³-hybridized carbons (Fsp3) is 0.529. The molecule has 4 heteroatoms. The molecule has 1 aromatic carbocycles. The highest BCUT2D eigenvalue weighted by Gasteiger charge is 2.18. The Labute approximate surface area is 132 Å². The molecule has 0 amide bonds. The number of ether oxygens (including phenoxy) is 1. The smallest absolute Gasteiger partial charge is 0.0945 e. The van der Waals surface area contributed by atoms with Gasteiger partial charge in [0.25, 0.3) is 0 Å². The second kappa shape index (κ2) is 8.42. The van der Waals surface area contributed by atoms with Gasteiger partial charge in [-0.3, -0.25) is 0 Å². The summed E-state index contributed by atoms with van der Waals surface area (Å²) in [4.78, 5) is 0. The Hall–Kier alpha value is -1.03. The maximum absolute atomic E-state index is 9.94. The molecule has 21 heavy (non-hydrogen) atoms. The van der Waals surface area contributed by atoms with Gasteiger partial charge in [-0.1, -0.05) is 36.7 Å². The molecule has 0 saturated carbocycles. The molecule has 0 saturated heterocycles. The summed E-state index contributed by atoms with van der Waals surface area (Å²) in [6.45, 7) is 3.80. The number of allylic oxidation sites excluding steroid dienone is 2. The molecule has 0 heterocycles. The van der Waals surface area contributed by atoms with E-state index in [-0.39, 0.29) is 0 Å². The molecule has 0 radical (unpaired) electrons. The van der Waals surface area contributed by atoms with Gasteiger partial charge in [-0.25, -0.2) is 0 Å². The fourth-order valence-corrected chi connectivity index (χ4v) is 2.68. The van der Waals surface area contributed by atoms with Gasteiger partial charge < -0.3 is 15.2 Å². The molecule has 3 nitrogen and oxygen atoms in total. The van der Waals surface area contributed by atoms with Crippen LogP contribution in [0.3, 0.4) is 0 Å². The van der Waals surface area contributed by atoms with Gasteiger partial charge in [-0.05, 0) is 42.9 Å². The van der Waals surface area contributed by atoms with E-state index >= 15 is 0 Å². The van der Waals surface area contributed by atoms with Crippen LogP contribution in [-0.2, 0) is 4.74 Å². The fourth-order valence-electron chi connectivity index (χ4n) is 2.49. The minimum Gasteiger partial charge on any atom is -0.389 e. The Balaban J connectivity index is 1.63. The molecule has 1 aliphatic carbocycles. The van der Waals surface area contributed by atoms with Crippen molar-refractivity contribution in [2.45, 2.75) is 25.9 Å². The highest BCUT2D eigenvalue weighted by atomic mass is 35.5. The summed E-state index contributed by atoms with van der Waals surface area (Å²) in [6.07, 6.45) is 6.17. The van der Waals surface area contributed by atoms with Crippen molar-refractivity contribution in [2.24, 2.45) is 11.8 Å². The SMILES string of the molecule is CC1CC=CCC1COCC(O)CNc1cccc(Cl)c1. The summed E-state index contributed by atoms with van der Waals surface area (Å²) >= 11 is 5.91. The highest BCUT2D eigenvalue weighted by molar-refractivity contribution is 6.30. The van der Waals surface area contributed by atoms with Crippen LogP contribution in [0.4, 0.5) is 5.69 Å². The molecule has 2 rings (SSSR count). The van der Waals surface area contributed by atoms with Gasteiger partial charge in [0.1, 0.15) is 0 Å². The van der Waals surface area contributed by atoms with Crippen molar-refractivity contribution in [3.8, 4) is 0 Å². The van der Waals surface area contributed by atoms with Gasteiger partial charge in [0.05, 0.1) is 19.3 Å². The van der Waals surface area contributed by atoms with Crippen LogP contribution < -0.4 is 5.32 Å². The first-order valence-corrected chi connectivity index (χ1v) is 7.93. The molecule has 0 aromatic heterocycles. The summed E-state index contributed by atoms with van der Waals surface area (Å²) in [5.74, 6) is 1.24. The van der Waals surface area contributed by atoms with Crippen LogP contribution in [0.5, 0.6) is 0 Å². The lowest BCUT2D eigenvalue weighted by Gasteiger charge is -2.25. The lowest BCUT2D eigenvalue weighted by Crippen LogP contribution is -2.27. The third-order valence-electron chi connectivity index (χ3n) is 3.93. The van der Waals surface area contributed by atoms with Crippen molar-refractivity contribution < 1.29 is 9.84 Å². The van der Waals surface area contributed by atoms with Gasteiger partial charge in [-0.15, -0.1) is 0 Å². The Bertz CT molecular complexity index is 464. The molecule has 0 bridgehead atoms. The average Bonchev–Trinajstić information content (AvgIpc) is 2.47. The molecular weight excluding hydrogens is 286 g/mol. The van der Waals surface area contributed by atoms with Crippen LogP contribution in [-0.4, -0.2) is 31.0 Å². The number of rotatable bonds is 7. The summed E-state index contributed by atoms with van der Waals surface area (Å²) < 4.78 is 5.67. The summed E-state index contributed by atoms with van der Waals surface area (Å²) in [5.41, 5.74) is 0.910. The number of hydrogen-bond donors (Lipinski definition) is 2. The van der Waals surface area contributed by atoms with E-state index in [1.807, 2.05) is 24.3 Å². The van der Waals surface area contributed by atoms with E-state index in [4.69, 9.17) is 16.3 Å². The standard InChI is InChI=1S/C17H24ClNO2/c1-13-5-2-3-6-14(13)11-21-12-17(20)10-19-16-8-4-7-15(18)9-16/h2-4,7-9,13-14,17,19-20H,5-6,10-12H2,1H3. The highest BCUT2D eigenvalue weighted by Crippen LogP contribution is 2.25. The maximum atomic E-state index is 9.94. The zero-order valence-electron chi connectivity index (χ0n) is 12.5. The van der Waals surface area contributed by atoms with Crippen LogP contribution in [0.25, 0.3) is 0 Å². The van der Waals surface area contributed by atoms with Crippen molar-refractivity contribution in [1.82, 2.24) is 0 Å². The number of aliphatic hydroxyl groups is 1. The van der Waals surface area contributed by atoms with Gasteiger partial charge >= 0.3 is 0 Å². The van der Waals surface area contributed by atoms with E-state index in [0.717, 1.165) is 25.1 Å². The average molecular weight is 310 g/mol. The Morgan fingerprint density at radius 2 is 2.19 bits per heavy atom. The second-order valence-corrected chi connectivity index (χ2v) is 6.20. The first-order valence-electron chi connectivity index (χ1n) is 7.55. The largest absolute Gasteiger partial charge is 0.389 e. The van der Waals surface area contributed by atoms with Crippen molar-refractivity contribution in [1.29, 1.82) is 0 Å². The number of halogens is 1. The monoisotopic (exact) mass is 309 g/mol. The zero-order chi connectivity index (χ0) is 15.1. The second-order valence-electron chi connectivity index (χ2n) is 5.76. The van der Waals surface area contributed by atoms with Crippen molar-refractivity contribution in [3.05, 3.63) is 41.4 Å². The number of aliphatic hydroxyl groups excluding tert-OH is 1. The van der Waals surface area contributed by atoms with E-state index in [9.17, 15) is 5.11 Å². The van der Waals surface area contributed by atoms with E-state index in [0.29, 0.717) is 30.0 Å². The molecule has 116 valence electrons. The molecule has 0 spiro atoms. The zero-order valence-corrected chi connectivity index (χ0v) is 13.2. The number of anilines is 1. The topological polar surface area (TPSA) is 41.5 Å². The lowest BCUT2D eigenvalue weighted by molar-refractivity contribution is 0.0175. The lowest BCUT2D eigenvalue weighted by atomic mass is 9.85. The van der Waals surface area contributed by atoms with E-state index in [1.54, 1.807) is 0 Å². The first kappa shape index (κ1) is 16.3. The molecule has 3 unspecified atom stereocenters. The minimum atomic E-state index is -0.515. The summed E-state index contributed by atoms with van der Waals surface area (Å²) in [6, 6.07) is 7.47. The molecule has 0 fully saturated rings. The summed E-state index contributed by atoms with van der Waals surface area (Å²) in [7, 11) is 0. The van der Waals surface area contributed by atoms with Crippen LogP contribution >= 0.6 is 11.6 Å². The van der Waals surface area contributed by atoms with E-state index < -0.39 is 6.10 Å². The third kappa shape index (κ3) is 5.70. The van der Waals surface area contributed by atoms with Gasteiger partial charge in [0.2, 0.25) is 0 Å². The quantitative estimate of drug-likeness (QED) is 0.754. The van der Waals surface area contributed by atoms with Crippen LogP contribution in [0.2, 0.25) is 5.02 Å². The van der Waals surface area contributed by atoms with Gasteiger partial charge in [0, 0.05) is 17.3 Å². The normalized spacial score (nSPS) is 23.0. The van der Waals surface area contributed by atoms with E-state index in [2.05, 4.69) is 24.4 Å². The van der Waals surface area contributed by atoms with E-state index in [1.165, 1.54) is 0 Å². The molecule has 2 N–H and O–H groups in total. The van der Waals surface area contributed by atoms with Gasteiger partial charge in [0.15, 0.2) is 0 Å². The van der Waals surface area contributed by atoms with Crippen molar-refractivity contribution in [3.63, 3.8) is 0 Å². The minimum absolute atomic E-state index is 0.362. The molecule has 1 aliphatic rings. The predicted molar refractivity (Wildman–Crippen MR) is 87.8 cm³/mol. The third-order valence-corrected chi connectivity index (χ3v) is 4.16. The Kier molecular flexibility index (Phi) is 6.55. The van der Waals surface area contributed by atoms with Crippen LogP contribution in [0.1, 0.15) is 19.8 Å². The molecule has 0 aliphatic heterocycles. The number of hydrogen-bond acceptors (Lipinski definition) is 3. The molecular formula is C17H24ClNO2. The van der Waals surface area contributed by atoms with Crippen LogP contribution in [0.15, 0.2) is 36.4 Å². The Morgan fingerprint density at radius 3 is 2.95 bits per heavy atom. The number of nitrogens with one attached hydrogen (secondary N) is 1. The predicted octanol–water partition coefficient (Wildman–Crippen LogP) is 3.73. The Morgan fingerprint density at radius 1 is 1.38 bits per heavy atom.